The number of nitrogens with two attached hydrogens (primary N) is 1. The third-order valence-electron chi connectivity index (χ3n) is 2.29. The van der Waals surface area contributed by atoms with Gasteiger partial charge in [0.2, 0.25) is 0 Å². The fourth-order valence-corrected chi connectivity index (χ4v) is 2.47. The monoisotopic (exact) mass is 236 g/mol. The van der Waals surface area contributed by atoms with Crippen molar-refractivity contribution >= 4 is 11.3 Å². The van der Waals surface area contributed by atoms with Crippen LogP contribution in [0.2, 0.25) is 0 Å². The van der Waals surface area contributed by atoms with Crippen LogP contribution < -0.4 is 5.73 Å². The van der Waals surface area contributed by atoms with Crippen molar-refractivity contribution < 1.29 is 4.39 Å². The Kier molecular flexibility index (Phi) is 3.03. The first-order chi connectivity index (χ1) is 7.58. The Morgan fingerprint density at radius 1 is 1.31 bits per heavy atom. The van der Waals surface area contributed by atoms with Crippen LogP contribution in [-0.2, 0) is 0 Å². The largest absolute Gasteiger partial charge is 0.323 e. The molecule has 0 saturated carbocycles. The van der Waals surface area contributed by atoms with Gasteiger partial charge in [-0.15, -0.1) is 11.3 Å². The Balaban J connectivity index is 2.50. The van der Waals surface area contributed by atoms with E-state index in [9.17, 15) is 4.39 Å². The molecule has 84 valence electrons. The first kappa shape index (κ1) is 11.2. The van der Waals surface area contributed by atoms with Gasteiger partial charge in [0, 0.05) is 16.5 Å². The summed E-state index contributed by atoms with van der Waals surface area (Å²) in [4.78, 5) is 5.49. The van der Waals surface area contributed by atoms with Gasteiger partial charge in [0.1, 0.15) is 5.82 Å². The lowest BCUT2D eigenvalue weighted by atomic mass is 10.1. The number of thiazole rings is 1. The van der Waals surface area contributed by atoms with E-state index in [0.717, 1.165) is 21.1 Å². The zero-order chi connectivity index (χ0) is 11.7. The van der Waals surface area contributed by atoms with Gasteiger partial charge in [-0.25, -0.2) is 9.37 Å². The van der Waals surface area contributed by atoms with Gasteiger partial charge < -0.3 is 5.73 Å². The molecule has 1 aromatic carbocycles. The molecule has 1 aromatic heterocycles. The lowest BCUT2D eigenvalue weighted by Gasteiger charge is -2.05. The second-order valence-corrected chi connectivity index (χ2v) is 4.98. The molecule has 1 atom stereocenters. The molecule has 0 saturated heterocycles. The van der Waals surface area contributed by atoms with Crippen molar-refractivity contribution in [2.75, 3.05) is 0 Å². The maximum Gasteiger partial charge on any atom is 0.123 e. The summed E-state index contributed by atoms with van der Waals surface area (Å²) in [5, 5.41) is 0.978. The van der Waals surface area contributed by atoms with Gasteiger partial charge in [-0.2, -0.15) is 0 Å². The van der Waals surface area contributed by atoms with E-state index in [0.29, 0.717) is 0 Å². The van der Waals surface area contributed by atoms with Crippen LogP contribution in [0.4, 0.5) is 4.39 Å². The maximum atomic E-state index is 12.8. The van der Waals surface area contributed by atoms with Crippen LogP contribution in [0, 0.1) is 12.7 Å². The first-order valence-electron chi connectivity index (χ1n) is 5.07. The second kappa shape index (κ2) is 4.31. The average Bonchev–Trinajstić information content (AvgIpc) is 2.61. The summed E-state index contributed by atoms with van der Waals surface area (Å²) in [5.74, 6) is -0.238. The van der Waals surface area contributed by atoms with Crippen LogP contribution in [-0.4, -0.2) is 4.98 Å². The first-order valence-corrected chi connectivity index (χ1v) is 5.88. The molecule has 16 heavy (non-hydrogen) atoms. The summed E-state index contributed by atoms with van der Waals surface area (Å²) in [6.07, 6.45) is 0. The Labute approximate surface area is 97.9 Å². The SMILES string of the molecule is Cc1nc(-c2ccc(F)cc2)c(C(C)N)s1. The molecule has 0 radical (unpaired) electrons. The zero-order valence-electron chi connectivity index (χ0n) is 9.20. The minimum atomic E-state index is -0.238. The lowest BCUT2D eigenvalue weighted by molar-refractivity contribution is 0.628. The predicted molar refractivity (Wildman–Crippen MR) is 64.8 cm³/mol. The molecular formula is C12H13FN2S. The fourth-order valence-electron chi connectivity index (χ4n) is 1.57. The number of aryl methyl sites for hydroxylation is 1. The van der Waals surface area contributed by atoms with Gasteiger partial charge in [0.25, 0.3) is 0 Å². The zero-order valence-corrected chi connectivity index (χ0v) is 10.0. The number of hydrogen-bond acceptors (Lipinski definition) is 3. The van der Waals surface area contributed by atoms with Crippen molar-refractivity contribution in [1.82, 2.24) is 4.98 Å². The van der Waals surface area contributed by atoms with E-state index in [2.05, 4.69) is 4.98 Å². The third-order valence-corrected chi connectivity index (χ3v) is 3.46. The standard InChI is InChI=1S/C12H13FN2S/c1-7(14)12-11(15-8(2)16-12)9-3-5-10(13)6-4-9/h3-7H,14H2,1-2H3. The van der Waals surface area contributed by atoms with Gasteiger partial charge in [-0.05, 0) is 38.1 Å². The van der Waals surface area contributed by atoms with E-state index in [1.54, 1.807) is 23.5 Å². The van der Waals surface area contributed by atoms with E-state index in [1.165, 1.54) is 12.1 Å². The van der Waals surface area contributed by atoms with Crippen molar-refractivity contribution in [3.63, 3.8) is 0 Å². The fraction of sp³-hybridized carbons (Fsp3) is 0.250. The van der Waals surface area contributed by atoms with Crippen molar-refractivity contribution in [2.24, 2.45) is 5.73 Å². The average molecular weight is 236 g/mol. The van der Waals surface area contributed by atoms with Gasteiger partial charge in [0.05, 0.1) is 10.7 Å². The maximum absolute atomic E-state index is 12.8. The normalized spacial score (nSPS) is 12.8. The van der Waals surface area contributed by atoms with Crippen molar-refractivity contribution in [3.05, 3.63) is 40.0 Å². The van der Waals surface area contributed by atoms with Gasteiger partial charge in [-0.1, -0.05) is 0 Å². The lowest BCUT2D eigenvalue weighted by Crippen LogP contribution is -2.04. The number of halogens is 1. The van der Waals surface area contributed by atoms with Crippen molar-refractivity contribution in [3.8, 4) is 11.3 Å². The minimum Gasteiger partial charge on any atom is -0.323 e. The molecule has 0 spiro atoms. The summed E-state index contributed by atoms with van der Waals surface area (Å²) in [6, 6.07) is 6.29. The number of aromatic nitrogens is 1. The smallest absolute Gasteiger partial charge is 0.123 e. The molecule has 2 rings (SSSR count). The Morgan fingerprint density at radius 2 is 1.94 bits per heavy atom. The Morgan fingerprint density at radius 3 is 2.50 bits per heavy atom. The molecular weight excluding hydrogens is 223 g/mol. The summed E-state index contributed by atoms with van der Waals surface area (Å²) >= 11 is 1.59. The quantitative estimate of drug-likeness (QED) is 0.869. The van der Waals surface area contributed by atoms with Crippen LogP contribution >= 0.6 is 11.3 Å². The summed E-state index contributed by atoms with van der Waals surface area (Å²) in [7, 11) is 0. The molecule has 0 aliphatic carbocycles. The van der Waals surface area contributed by atoms with Crippen molar-refractivity contribution in [1.29, 1.82) is 0 Å². The summed E-state index contributed by atoms with van der Waals surface area (Å²) < 4.78 is 12.8. The molecule has 0 aliphatic rings. The van der Waals surface area contributed by atoms with Crippen LogP contribution in [0.15, 0.2) is 24.3 Å². The van der Waals surface area contributed by atoms with Gasteiger partial charge in [-0.3, -0.25) is 0 Å². The van der Waals surface area contributed by atoms with E-state index < -0.39 is 0 Å². The highest BCUT2D eigenvalue weighted by molar-refractivity contribution is 7.12. The van der Waals surface area contributed by atoms with Crippen LogP contribution in [0.3, 0.4) is 0 Å². The number of hydrogen-bond donors (Lipinski definition) is 1. The molecule has 2 aromatic rings. The topological polar surface area (TPSA) is 38.9 Å². The van der Waals surface area contributed by atoms with E-state index in [4.69, 9.17) is 5.73 Å². The minimum absolute atomic E-state index is 0.0498. The van der Waals surface area contributed by atoms with E-state index >= 15 is 0 Å². The summed E-state index contributed by atoms with van der Waals surface area (Å²) in [5.41, 5.74) is 7.68. The molecule has 0 amide bonds. The third kappa shape index (κ3) is 2.13. The second-order valence-electron chi connectivity index (χ2n) is 3.74. The number of nitrogens with zero attached hydrogens (tertiary/aromatic N) is 1. The molecule has 2 N–H and O–H groups in total. The van der Waals surface area contributed by atoms with Gasteiger partial charge in [0.15, 0.2) is 0 Å². The molecule has 1 heterocycles. The Bertz CT molecular complexity index is 488. The predicted octanol–water partition coefficient (Wildman–Crippen LogP) is 3.28. The van der Waals surface area contributed by atoms with Crippen molar-refractivity contribution in [2.45, 2.75) is 19.9 Å². The molecule has 0 bridgehead atoms. The highest BCUT2D eigenvalue weighted by atomic mass is 32.1. The molecule has 1 unspecified atom stereocenters. The number of benzene rings is 1. The molecule has 2 nitrogen and oxygen atoms in total. The number of rotatable bonds is 2. The molecule has 0 aliphatic heterocycles. The van der Waals surface area contributed by atoms with Crippen LogP contribution in [0.25, 0.3) is 11.3 Å². The van der Waals surface area contributed by atoms with E-state index in [1.807, 2.05) is 13.8 Å². The Hall–Kier alpha value is -1.26. The highest BCUT2D eigenvalue weighted by Crippen LogP contribution is 2.31. The van der Waals surface area contributed by atoms with Crippen LogP contribution in [0.5, 0.6) is 0 Å². The van der Waals surface area contributed by atoms with E-state index in [-0.39, 0.29) is 11.9 Å². The molecule has 4 heteroatoms. The molecule has 0 fully saturated rings. The summed E-state index contributed by atoms with van der Waals surface area (Å²) in [6.45, 7) is 3.88. The highest BCUT2D eigenvalue weighted by Gasteiger charge is 2.14. The van der Waals surface area contributed by atoms with Crippen LogP contribution in [0.1, 0.15) is 22.9 Å². The van der Waals surface area contributed by atoms with Gasteiger partial charge >= 0.3 is 0 Å².